The maximum absolute atomic E-state index is 12.2. The molecule has 1 aliphatic heterocycles. The Morgan fingerprint density at radius 1 is 1.47 bits per heavy atom. The van der Waals surface area contributed by atoms with Gasteiger partial charge in [-0.3, -0.25) is 4.79 Å². The van der Waals surface area contributed by atoms with Gasteiger partial charge in [-0.15, -0.1) is 12.4 Å². The maximum Gasteiger partial charge on any atom is 0.255 e. The van der Waals surface area contributed by atoms with Crippen LogP contribution in [0.5, 0.6) is 0 Å². The highest BCUT2D eigenvalue weighted by atomic mass is 79.9. The van der Waals surface area contributed by atoms with Crippen LogP contribution in [0.15, 0.2) is 28.7 Å². The lowest BCUT2D eigenvalue weighted by atomic mass is 10.1. The van der Waals surface area contributed by atoms with Crippen LogP contribution >= 0.6 is 28.3 Å². The second kappa shape index (κ2) is 6.38. The zero-order valence-electron chi connectivity index (χ0n) is 9.65. The van der Waals surface area contributed by atoms with Gasteiger partial charge in [0.1, 0.15) is 0 Å². The minimum absolute atomic E-state index is 0. The van der Waals surface area contributed by atoms with Gasteiger partial charge in [-0.05, 0) is 35.0 Å². The molecule has 0 spiro atoms. The Balaban J connectivity index is 0.00000144. The molecule has 0 aliphatic carbocycles. The summed E-state index contributed by atoms with van der Waals surface area (Å²) >= 11 is 3.42. The number of carbonyl (C=O) groups excluding carboxylic acids is 1. The molecule has 1 saturated heterocycles. The Morgan fingerprint density at radius 2 is 2.18 bits per heavy atom. The van der Waals surface area contributed by atoms with Crippen LogP contribution in [0.2, 0.25) is 0 Å². The molecule has 1 aromatic rings. The third kappa shape index (κ3) is 3.44. The minimum atomic E-state index is 0. The molecule has 0 unspecified atom stereocenters. The van der Waals surface area contributed by atoms with E-state index in [-0.39, 0.29) is 18.3 Å². The van der Waals surface area contributed by atoms with E-state index >= 15 is 0 Å². The number of rotatable bonds is 1. The summed E-state index contributed by atoms with van der Waals surface area (Å²) in [6.45, 7) is 4.53. The molecule has 3 nitrogen and oxygen atoms in total. The van der Waals surface area contributed by atoms with Crippen LogP contribution < -0.4 is 5.32 Å². The molecule has 0 aromatic heterocycles. The number of piperazine rings is 1. The van der Waals surface area contributed by atoms with E-state index in [1.807, 2.05) is 29.2 Å². The van der Waals surface area contributed by atoms with Crippen molar-refractivity contribution in [2.75, 3.05) is 19.6 Å². The average molecular weight is 320 g/mol. The molecule has 1 aliphatic rings. The molecular weight excluding hydrogens is 304 g/mol. The molecule has 0 radical (unpaired) electrons. The first-order valence-corrected chi connectivity index (χ1v) is 6.25. The fraction of sp³-hybridized carbons (Fsp3) is 0.417. The topological polar surface area (TPSA) is 32.3 Å². The zero-order valence-corrected chi connectivity index (χ0v) is 12.1. The molecule has 94 valence electrons. The summed E-state index contributed by atoms with van der Waals surface area (Å²) in [5.41, 5.74) is 0.747. The van der Waals surface area contributed by atoms with Crippen molar-refractivity contribution >= 4 is 34.2 Å². The molecule has 17 heavy (non-hydrogen) atoms. The van der Waals surface area contributed by atoms with E-state index in [1.54, 1.807) is 0 Å². The van der Waals surface area contributed by atoms with E-state index in [1.165, 1.54) is 0 Å². The fourth-order valence-electron chi connectivity index (χ4n) is 1.92. The molecule has 0 saturated carbocycles. The van der Waals surface area contributed by atoms with Gasteiger partial charge in [0, 0.05) is 30.1 Å². The largest absolute Gasteiger partial charge is 0.336 e. The molecule has 1 aromatic carbocycles. The number of halogens is 2. The molecule has 1 N–H and O–H groups in total. The van der Waals surface area contributed by atoms with Crippen LogP contribution in [0.4, 0.5) is 0 Å². The quantitative estimate of drug-likeness (QED) is 0.861. The molecule has 0 bridgehead atoms. The van der Waals surface area contributed by atoms with E-state index < -0.39 is 0 Å². The minimum Gasteiger partial charge on any atom is -0.336 e. The van der Waals surface area contributed by atoms with Gasteiger partial charge in [0.15, 0.2) is 0 Å². The highest BCUT2D eigenvalue weighted by Gasteiger charge is 2.22. The number of hydrogen-bond donors (Lipinski definition) is 1. The first kappa shape index (κ1) is 14.5. The van der Waals surface area contributed by atoms with Gasteiger partial charge >= 0.3 is 0 Å². The highest BCUT2D eigenvalue weighted by molar-refractivity contribution is 9.10. The monoisotopic (exact) mass is 318 g/mol. The van der Waals surface area contributed by atoms with Crippen molar-refractivity contribution in [1.29, 1.82) is 0 Å². The van der Waals surface area contributed by atoms with Gasteiger partial charge in [0.2, 0.25) is 0 Å². The van der Waals surface area contributed by atoms with Crippen LogP contribution in [-0.2, 0) is 0 Å². The van der Waals surface area contributed by atoms with E-state index in [9.17, 15) is 4.79 Å². The van der Waals surface area contributed by atoms with Crippen molar-refractivity contribution in [3.05, 3.63) is 34.3 Å². The van der Waals surface area contributed by atoms with Crippen molar-refractivity contribution in [1.82, 2.24) is 10.2 Å². The lowest BCUT2D eigenvalue weighted by Crippen LogP contribution is -2.51. The third-order valence-electron chi connectivity index (χ3n) is 2.76. The van der Waals surface area contributed by atoms with E-state index in [0.717, 1.165) is 29.7 Å². The Labute approximate surface area is 116 Å². The molecule has 1 fully saturated rings. The molecular formula is C12H16BrClN2O. The third-order valence-corrected chi connectivity index (χ3v) is 3.45. The van der Waals surface area contributed by atoms with Crippen LogP contribution in [0, 0.1) is 0 Å². The first-order chi connectivity index (χ1) is 7.68. The summed E-state index contributed by atoms with van der Waals surface area (Å²) in [5, 5.41) is 3.33. The molecule has 1 heterocycles. The van der Waals surface area contributed by atoms with Crippen molar-refractivity contribution in [3.63, 3.8) is 0 Å². The Bertz CT molecular complexity index is 400. The van der Waals surface area contributed by atoms with Crippen LogP contribution in [-0.4, -0.2) is 36.5 Å². The highest BCUT2D eigenvalue weighted by Crippen LogP contribution is 2.18. The fourth-order valence-corrected chi connectivity index (χ4v) is 2.38. The Hall–Kier alpha value is -0.580. The predicted molar refractivity (Wildman–Crippen MR) is 74.8 cm³/mol. The van der Waals surface area contributed by atoms with E-state index in [4.69, 9.17) is 0 Å². The van der Waals surface area contributed by atoms with Crippen LogP contribution in [0.1, 0.15) is 17.3 Å². The van der Waals surface area contributed by atoms with Crippen molar-refractivity contribution < 1.29 is 4.79 Å². The standard InChI is InChI=1S/C12H15BrN2O.ClH/c1-9-8-15(7-6-14-9)12(16)10-4-2-3-5-11(10)13;/h2-5,9,14H,6-8H2,1H3;1H/t9-;/m0./s1. The predicted octanol–water partition coefficient (Wildman–Crippen LogP) is 2.30. The van der Waals surface area contributed by atoms with Gasteiger partial charge < -0.3 is 10.2 Å². The second-order valence-corrected chi connectivity index (χ2v) is 4.94. The molecule has 1 atom stereocenters. The number of hydrogen-bond acceptors (Lipinski definition) is 2. The first-order valence-electron chi connectivity index (χ1n) is 5.45. The number of amides is 1. The summed E-state index contributed by atoms with van der Waals surface area (Å²) in [6.07, 6.45) is 0. The lowest BCUT2D eigenvalue weighted by molar-refractivity contribution is 0.0708. The summed E-state index contributed by atoms with van der Waals surface area (Å²) < 4.78 is 0.867. The number of benzene rings is 1. The van der Waals surface area contributed by atoms with Crippen molar-refractivity contribution in [2.45, 2.75) is 13.0 Å². The molecule has 5 heteroatoms. The van der Waals surface area contributed by atoms with Gasteiger partial charge in [-0.1, -0.05) is 12.1 Å². The summed E-state index contributed by atoms with van der Waals surface area (Å²) in [6, 6.07) is 7.95. The van der Waals surface area contributed by atoms with Crippen LogP contribution in [0.25, 0.3) is 0 Å². The van der Waals surface area contributed by atoms with Gasteiger partial charge in [0.05, 0.1) is 5.56 Å². The molecule has 2 rings (SSSR count). The summed E-state index contributed by atoms with van der Waals surface area (Å²) in [5.74, 6) is 0.112. The maximum atomic E-state index is 12.2. The van der Waals surface area contributed by atoms with E-state index in [2.05, 4.69) is 28.2 Å². The van der Waals surface area contributed by atoms with Crippen molar-refractivity contribution in [2.24, 2.45) is 0 Å². The normalized spacial score (nSPS) is 19.6. The van der Waals surface area contributed by atoms with Gasteiger partial charge in [0.25, 0.3) is 5.91 Å². The SMILES string of the molecule is C[C@H]1CN(C(=O)c2ccccc2Br)CCN1.Cl. The van der Waals surface area contributed by atoms with Gasteiger partial charge in [-0.25, -0.2) is 0 Å². The average Bonchev–Trinajstić information content (AvgIpc) is 2.29. The van der Waals surface area contributed by atoms with Gasteiger partial charge in [-0.2, -0.15) is 0 Å². The number of carbonyl (C=O) groups is 1. The number of nitrogens with zero attached hydrogens (tertiary/aromatic N) is 1. The number of nitrogens with one attached hydrogen (secondary N) is 1. The smallest absolute Gasteiger partial charge is 0.255 e. The second-order valence-electron chi connectivity index (χ2n) is 4.09. The molecule has 1 amide bonds. The Morgan fingerprint density at radius 3 is 2.82 bits per heavy atom. The van der Waals surface area contributed by atoms with Crippen molar-refractivity contribution in [3.8, 4) is 0 Å². The summed E-state index contributed by atoms with van der Waals surface area (Å²) in [7, 11) is 0. The van der Waals surface area contributed by atoms with E-state index in [0.29, 0.717) is 6.04 Å². The zero-order chi connectivity index (χ0) is 11.5. The summed E-state index contributed by atoms with van der Waals surface area (Å²) in [4.78, 5) is 14.1. The lowest BCUT2D eigenvalue weighted by Gasteiger charge is -2.32. The Kier molecular flexibility index (Phi) is 5.43. The van der Waals surface area contributed by atoms with Crippen LogP contribution in [0.3, 0.4) is 0 Å².